The van der Waals surface area contributed by atoms with Crippen LogP contribution in [0.3, 0.4) is 0 Å². The fraction of sp³-hybridized carbons (Fsp3) is 0.562. The van der Waals surface area contributed by atoms with Crippen LogP contribution in [0.25, 0.3) is 0 Å². The molecule has 1 aromatic carbocycles. The molecule has 3 rings (SSSR count). The van der Waals surface area contributed by atoms with Gasteiger partial charge in [0.2, 0.25) is 0 Å². The molecule has 1 aromatic rings. The lowest BCUT2D eigenvalue weighted by atomic mass is 10.00. The molecule has 0 saturated carbocycles. The Kier molecular flexibility index (Phi) is 3.66. The molecule has 4 heteroatoms. The van der Waals surface area contributed by atoms with E-state index in [0.29, 0.717) is 13.1 Å². The third-order valence-electron chi connectivity index (χ3n) is 4.00. The van der Waals surface area contributed by atoms with E-state index >= 15 is 0 Å². The molecule has 20 heavy (non-hydrogen) atoms. The molecule has 2 atom stereocenters. The van der Waals surface area contributed by atoms with Crippen molar-refractivity contribution >= 4 is 11.6 Å². The second-order valence-corrected chi connectivity index (χ2v) is 5.87. The van der Waals surface area contributed by atoms with Gasteiger partial charge in [0.25, 0.3) is 5.91 Å². The first-order chi connectivity index (χ1) is 9.63. The number of carbonyl (C=O) groups is 1. The van der Waals surface area contributed by atoms with Gasteiger partial charge in [0.15, 0.2) is 0 Å². The molecule has 1 saturated heterocycles. The quantitative estimate of drug-likeness (QED) is 0.854. The minimum atomic E-state index is 0.113. The SMILES string of the molecule is CC1CN(C(=O)c2ccc3c(c2)CCCN3)CC(C)O1. The molecule has 0 aliphatic carbocycles. The van der Waals surface area contributed by atoms with Crippen LogP contribution in [0.5, 0.6) is 0 Å². The lowest BCUT2D eigenvalue weighted by Gasteiger charge is -2.35. The Morgan fingerprint density at radius 2 is 2.05 bits per heavy atom. The maximum atomic E-state index is 12.6. The average molecular weight is 274 g/mol. The van der Waals surface area contributed by atoms with Crippen LogP contribution < -0.4 is 5.32 Å². The Morgan fingerprint density at radius 3 is 2.80 bits per heavy atom. The molecular formula is C16H22N2O2. The van der Waals surface area contributed by atoms with E-state index in [4.69, 9.17) is 4.74 Å². The zero-order valence-corrected chi connectivity index (χ0v) is 12.2. The summed E-state index contributed by atoms with van der Waals surface area (Å²) in [5.41, 5.74) is 3.24. The molecule has 0 spiro atoms. The van der Waals surface area contributed by atoms with E-state index in [1.54, 1.807) is 0 Å². The minimum Gasteiger partial charge on any atom is -0.385 e. The molecule has 4 nitrogen and oxygen atoms in total. The molecule has 108 valence electrons. The van der Waals surface area contributed by atoms with Crippen LogP contribution in [0.1, 0.15) is 36.2 Å². The second-order valence-electron chi connectivity index (χ2n) is 5.87. The largest absolute Gasteiger partial charge is 0.385 e. The first-order valence-corrected chi connectivity index (χ1v) is 7.45. The number of nitrogens with one attached hydrogen (secondary N) is 1. The first-order valence-electron chi connectivity index (χ1n) is 7.45. The summed E-state index contributed by atoms with van der Waals surface area (Å²) in [6, 6.07) is 6.02. The van der Waals surface area contributed by atoms with E-state index in [9.17, 15) is 4.79 Å². The van der Waals surface area contributed by atoms with E-state index in [1.165, 1.54) is 11.3 Å². The summed E-state index contributed by atoms with van der Waals surface area (Å²) in [5, 5.41) is 3.38. The lowest BCUT2D eigenvalue weighted by Crippen LogP contribution is -2.48. The van der Waals surface area contributed by atoms with E-state index in [0.717, 1.165) is 24.9 Å². The van der Waals surface area contributed by atoms with Crippen molar-refractivity contribution in [3.63, 3.8) is 0 Å². The highest BCUT2D eigenvalue weighted by Gasteiger charge is 2.27. The first kappa shape index (κ1) is 13.4. The summed E-state index contributed by atoms with van der Waals surface area (Å²) in [6.07, 6.45) is 2.42. The number of fused-ring (bicyclic) bond motifs is 1. The highest BCUT2D eigenvalue weighted by molar-refractivity contribution is 5.95. The van der Waals surface area contributed by atoms with Crippen molar-refractivity contribution in [3.8, 4) is 0 Å². The molecule has 0 bridgehead atoms. The highest BCUT2D eigenvalue weighted by atomic mass is 16.5. The second kappa shape index (κ2) is 5.44. The van der Waals surface area contributed by atoms with Crippen molar-refractivity contribution in [2.45, 2.75) is 38.9 Å². The normalized spacial score (nSPS) is 25.8. The topological polar surface area (TPSA) is 41.6 Å². The van der Waals surface area contributed by atoms with Crippen molar-refractivity contribution in [3.05, 3.63) is 29.3 Å². The minimum absolute atomic E-state index is 0.113. The lowest BCUT2D eigenvalue weighted by molar-refractivity contribution is -0.0586. The molecule has 1 amide bonds. The van der Waals surface area contributed by atoms with Gasteiger partial charge in [0.1, 0.15) is 0 Å². The summed E-state index contributed by atoms with van der Waals surface area (Å²) in [7, 11) is 0. The van der Waals surface area contributed by atoms with Crippen LogP contribution in [0, 0.1) is 0 Å². The van der Waals surface area contributed by atoms with Gasteiger partial charge < -0.3 is 15.0 Å². The van der Waals surface area contributed by atoms with E-state index < -0.39 is 0 Å². The Hall–Kier alpha value is -1.55. The molecule has 0 aromatic heterocycles. The number of amides is 1. The third kappa shape index (κ3) is 2.66. The number of carbonyl (C=O) groups excluding carboxylic acids is 1. The van der Waals surface area contributed by atoms with Gasteiger partial charge in [-0.25, -0.2) is 0 Å². The van der Waals surface area contributed by atoms with Gasteiger partial charge in [-0.2, -0.15) is 0 Å². The standard InChI is InChI=1S/C16H22N2O2/c1-11-9-18(10-12(2)20-11)16(19)14-5-6-15-13(8-14)4-3-7-17-15/h5-6,8,11-12,17H,3-4,7,9-10H2,1-2H3. The number of morpholine rings is 1. The van der Waals surface area contributed by atoms with Gasteiger partial charge in [-0.05, 0) is 50.5 Å². The number of aryl methyl sites for hydroxylation is 1. The van der Waals surface area contributed by atoms with Crippen LogP contribution >= 0.6 is 0 Å². The molecule has 0 radical (unpaired) electrons. The highest BCUT2D eigenvalue weighted by Crippen LogP contribution is 2.24. The number of hydrogen-bond acceptors (Lipinski definition) is 3. The molecule has 1 N–H and O–H groups in total. The van der Waals surface area contributed by atoms with Crippen LogP contribution in [-0.4, -0.2) is 42.6 Å². The Morgan fingerprint density at radius 1 is 1.30 bits per heavy atom. The molecule has 2 aliphatic rings. The van der Waals surface area contributed by atoms with Crippen molar-refractivity contribution in [1.82, 2.24) is 4.90 Å². The summed E-state index contributed by atoms with van der Waals surface area (Å²) < 4.78 is 5.69. The number of rotatable bonds is 1. The van der Waals surface area contributed by atoms with Crippen LogP contribution in [0.2, 0.25) is 0 Å². The maximum absolute atomic E-state index is 12.6. The fourth-order valence-corrected chi connectivity index (χ4v) is 3.13. The van der Waals surface area contributed by atoms with Crippen molar-refractivity contribution < 1.29 is 9.53 Å². The van der Waals surface area contributed by atoms with Crippen LogP contribution in [0.4, 0.5) is 5.69 Å². The van der Waals surface area contributed by atoms with Gasteiger partial charge in [-0.1, -0.05) is 0 Å². The summed E-state index contributed by atoms with van der Waals surface area (Å²) in [4.78, 5) is 14.5. The summed E-state index contributed by atoms with van der Waals surface area (Å²) in [6.45, 7) is 6.43. The Bertz CT molecular complexity index is 505. The smallest absolute Gasteiger partial charge is 0.254 e. The maximum Gasteiger partial charge on any atom is 0.254 e. The zero-order valence-electron chi connectivity index (χ0n) is 12.2. The van der Waals surface area contributed by atoms with E-state index in [1.807, 2.05) is 30.9 Å². The van der Waals surface area contributed by atoms with Gasteiger partial charge in [0, 0.05) is 30.9 Å². The Labute approximate surface area is 120 Å². The number of ether oxygens (including phenoxy) is 1. The van der Waals surface area contributed by atoms with Gasteiger partial charge in [0.05, 0.1) is 12.2 Å². The number of anilines is 1. The van der Waals surface area contributed by atoms with E-state index in [2.05, 4.69) is 11.4 Å². The molecule has 2 unspecified atom stereocenters. The molecular weight excluding hydrogens is 252 g/mol. The molecule has 2 aliphatic heterocycles. The monoisotopic (exact) mass is 274 g/mol. The fourth-order valence-electron chi connectivity index (χ4n) is 3.13. The third-order valence-corrected chi connectivity index (χ3v) is 4.00. The van der Waals surface area contributed by atoms with Gasteiger partial charge in [-0.15, -0.1) is 0 Å². The average Bonchev–Trinajstić information content (AvgIpc) is 2.45. The summed E-state index contributed by atoms with van der Waals surface area (Å²) in [5.74, 6) is 0.125. The van der Waals surface area contributed by atoms with E-state index in [-0.39, 0.29) is 18.1 Å². The summed E-state index contributed by atoms with van der Waals surface area (Å²) >= 11 is 0. The van der Waals surface area contributed by atoms with Crippen molar-refractivity contribution in [2.24, 2.45) is 0 Å². The van der Waals surface area contributed by atoms with Gasteiger partial charge in [-0.3, -0.25) is 4.79 Å². The van der Waals surface area contributed by atoms with Crippen molar-refractivity contribution in [2.75, 3.05) is 25.0 Å². The predicted octanol–water partition coefficient (Wildman–Crippen LogP) is 2.29. The van der Waals surface area contributed by atoms with Crippen LogP contribution in [0.15, 0.2) is 18.2 Å². The number of benzene rings is 1. The Balaban J connectivity index is 1.79. The number of hydrogen-bond donors (Lipinski definition) is 1. The molecule has 1 fully saturated rings. The van der Waals surface area contributed by atoms with Gasteiger partial charge >= 0.3 is 0 Å². The molecule has 2 heterocycles. The van der Waals surface area contributed by atoms with Crippen LogP contribution in [-0.2, 0) is 11.2 Å². The van der Waals surface area contributed by atoms with Crippen molar-refractivity contribution in [1.29, 1.82) is 0 Å². The zero-order chi connectivity index (χ0) is 14.1. The predicted molar refractivity (Wildman–Crippen MR) is 79.2 cm³/mol. The number of nitrogens with zero attached hydrogens (tertiary/aromatic N) is 1.